The van der Waals surface area contributed by atoms with Gasteiger partial charge < -0.3 is 0 Å². The average Bonchev–Trinajstić information content (AvgIpc) is 2.75. The summed E-state index contributed by atoms with van der Waals surface area (Å²) >= 11 is 0. The van der Waals surface area contributed by atoms with Gasteiger partial charge in [0.1, 0.15) is 0 Å². The Bertz CT molecular complexity index is 746. The van der Waals surface area contributed by atoms with Crippen LogP contribution in [0.3, 0.4) is 0 Å². The highest BCUT2D eigenvalue weighted by Crippen LogP contribution is 2.39. The van der Waals surface area contributed by atoms with Crippen molar-refractivity contribution < 1.29 is 0 Å². The van der Waals surface area contributed by atoms with Gasteiger partial charge in [0.2, 0.25) is 0 Å². The average molecular weight is 375 g/mol. The first-order valence-corrected chi connectivity index (χ1v) is 12.0. The van der Waals surface area contributed by atoms with Crippen LogP contribution in [0.1, 0.15) is 105 Å². The lowest BCUT2D eigenvalue weighted by Crippen LogP contribution is -2.14. The van der Waals surface area contributed by atoms with Gasteiger partial charge in [-0.2, -0.15) is 0 Å². The zero-order valence-electron chi connectivity index (χ0n) is 18.1. The van der Waals surface area contributed by atoms with E-state index >= 15 is 0 Å². The van der Waals surface area contributed by atoms with Gasteiger partial charge in [-0.15, -0.1) is 0 Å². The maximum absolute atomic E-state index is 2.48. The molecule has 0 saturated heterocycles. The first kappa shape index (κ1) is 19.7. The fourth-order valence-corrected chi connectivity index (χ4v) is 5.77. The van der Waals surface area contributed by atoms with Gasteiger partial charge in [-0.1, -0.05) is 75.6 Å². The van der Waals surface area contributed by atoms with Crippen molar-refractivity contribution in [2.45, 2.75) is 96.3 Å². The number of hydrogen-bond acceptors (Lipinski definition) is 0. The van der Waals surface area contributed by atoms with Crippen molar-refractivity contribution in [1.82, 2.24) is 0 Å². The van der Waals surface area contributed by atoms with Crippen molar-refractivity contribution in [3.8, 4) is 0 Å². The molecule has 0 heteroatoms. The van der Waals surface area contributed by atoms with Crippen LogP contribution in [-0.4, -0.2) is 0 Å². The molecule has 28 heavy (non-hydrogen) atoms. The summed E-state index contributed by atoms with van der Waals surface area (Å²) in [4.78, 5) is 0. The van der Waals surface area contributed by atoms with Crippen molar-refractivity contribution in [3.05, 3.63) is 70.3 Å². The van der Waals surface area contributed by atoms with E-state index in [0.29, 0.717) is 5.92 Å². The molecular formula is C28H38. The van der Waals surface area contributed by atoms with Crippen LogP contribution in [0.15, 0.2) is 42.5 Å². The predicted octanol–water partition coefficient (Wildman–Crippen LogP) is 7.99. The van der Waals surface area contributed by atoms with E-state index < -0.39 is 0 Å². The number of hydrogen-bond donors (Lipinski definition) is 0. The smallest absolute Gasteiger partial charge is 0.0118 e. The van der Waals surface area contributed by atoms with Crippen LogP contribution in [0, 0.1) is 5.92 Å². The molecule has 0 heterocycles. The van der Waals surface area contributed by atoms with E-state index in [1.54, 1.807) is 22.3 Å². The molecule has 0 amide bonds. The summed E-state index contributed by atoms with van der Waals surface area (Å²) in [5.74, 6) is 2.52. The molecule has 2 aromatic rings. The SMILES string of the molecule is CCCc1ccc2c(c1)CCC(c1ccc(C3CCC(CCC)CC3)cc1)C2. The largest absolute Gasteiger partial charge is 0.0654 e. The molecule has 1 atom stereocenters. The molecule has 0 bridgehead atoms. The molecular weight excluding hydrogens is 336 g/mol. The van der Waals surface area contributed by atoms with E-state index in [1.165, 1.54) is 76.2 Å². The molecule has 1 unspecified atom stereocenters. The molecule has 0 N–H and O–H groups in total. The third kappa shape index (κ3) is 4.53. The monoisotopic (exact) mass is 374 g/mol. The summed E-state index contributed by atoms with van der Waals surface area (Å²) in [5, 5.41) is 0. The lowest BCUT2D eigenvalue weighted by molar-refractivity contribution is 0.308. The molecule has 1 fully saturated rings. The Hall–Kier alpha value is -1.56. The fraction of sp³-hybridized carbons (Fsp3) is 0.571. The van der Waals surface area contributed by atoms with Crippen molar-refractivity contribution in [1.29, 1.82) is 0 Å². The lowest BCUT2D eigenvalue weighted by Gasteiger charge is -2.29. The first-order chi connectivity index (χ1) is 13.8. The summed E-state index contributed by atoms with van der Waals surface area (Å²) < 4.78 is 0. The van der Waals surface area contributed by atoms with E-state index in [2.05, 4.69) is 56.3 Å². The van der Waals surface area contributed by atoms with Gasteiger partial charge in [0, 0.05) is 0 Å². The van der Waals surface area contributed by atoms with Gasteiger partial charge in [0.15, 0.2) is 0 Å². The van der Waals surface area contributed by atoms with Crippen LogP contribution in [0.2, 0.25) is 0 Å². The molecule has 2 aliphatic carbocycles. The van der Waals surface area contributed by atoms with Crippen molar-refractivity contribution in [2.24, 2.45) is 5.92 Å². The molecule has 2 aromatic carbocycles. The number of rotatable bonds is 6. The summed E-state index contributed by atoms with van der Waals surface area (Å²) in [7, 11) is 0. The third-order valence-electron chi connectivity index (χ3n) is 7.46. The van der Waals surface area contributed by atoms with E-state index in [1.807, 2.05) is 0 Å². The van der Waals surface area contributed by atoms with Crippen LogP contribution >= 0.6 is 0 Å². The third-order valence-corrected chi connectivity index (χ3v) is 7.46. The Morgan fingerprint density at radius 3 is 2.11 bits per heavy atom. The van der Waals surface area contributed by atoms with Gasteiger partial charge in [-0.25, -0.2) is 0 Å². The van der Waals surface area contributed by atoms with Crippen molar-refractivity contribution >= 4 is 0 Å². The highest BCUT2D eigenvalue weighted by atomic mass is 14.3. The Morgan fingerprint density at radius 1 is 0.714 bits per heavy atom. The zero-order chi connectivity index (χ0) is 19.3. The summed E-state index contributed by atoms with van der Waals surface area (Å²) in [6.07, 6.45) is 14.7. The second-order valence-corrected chi connectivity index (χ2v) is 9.47. The number of fused-ring (bicyclic) bond motifs is 1. The zero-order valence-corrected chi connectivity index (χ0v) is 18.1. The number of aryl methyl sites for hydroxylation is 2. The highest BCUT2D eigenvalue weighted by Gasteiger charge is 2.23. The van der Waals surface area contributed by atoms with Crippen LogP contribution in [0.5, 0.6) is 0 Å². The van der Waals surface area contributed by atoms with Gasteiger partial charge in [-0.05, 0) is 96.9 Å². The minimum atomic E-state index is 0.707. The molecule has 0 aliphatic heterocycles. The molecule has 0 aromatic heterocycles. The molecule has 4 rings (SSSR count). The quantitative estimate of drug-likeness (QED) is 0.480. The van der Waals surface area contributed by atoms with E-state index in [-0.39, 0.29) is 0 Å². The topological polar surface area (TPSA) is 0 Å². The Morgan fingerprint density at radius 2 is 1.43 bits per heavy atom. The normalized spacial score (nSPS) is 24.7. The molecule has 150 valence electrons. The minimum absolute atomic E-state index is 0.707. The van der Waals surface area contributed by atoms with Gasteiger partial charge in [0.05, 0.1) is 0 Å². The Labute approximate surface area is 172 Å². The lowest BCUT2D eigenvalue weighted by atomic mass is 9.76. The standard InChI is InChI=1S/C28H38/c1-3-5-21-7-10-23(11-8-21)24-13-15-25(16-14-24)27-18-17-26-19-22(6-4-2)9-12-28(26)20-27/h9,12-16,19,21,23,27H,3-8,10-11,17-18,20H2,1-2H3. The maximum Gasteiger partial charge on any atom is -0.0118 e. The summed E-state index contributed by atoms with van der Waals surface area (Å²) in [5.41, 5.74) is 7.89. The maximum atomic E-state index is 2.48. The van der Waals surface area contributed by atoms with Crippen LogP contribution in [-0.2, 0) is 19.3 Å². The molecule has 0 radical (unpaired) electrons. The second-order valence-electron chi connectivity index (χ2n) is 9.47. The molecule has 1 saturated carbocycles. The van der Waals surface area contributed by atoms with Gasteiger partial charge in [0.25, 0.3) is 0 Å². The minimum Gasteiger partial charge on any atom is -0.0654 e. The Balaban J connectivity index is 1.38. The van der Waals surface area contributed by atoms with Gasteiger partial charge in [-0.3, -0.25) is 0 Å². The van der Waals surface area contributed by atoms with Crippen molar-refractivity contribution in [2.75, 3.05) is 0 Å². The first-order valence-electron chi connectivity index (χ1n) is 12.0. The van der Waals surface area contributed by atoms with Crippen LogP contribution in [0.4, 0.5) is 0 Å². The fourth-order valence-electron chi connectivity index (χ4n) is 5.77. The Kier molecular flexibility index (Phi) is 6.55. The van der Waals surface area contributed by atoms with E-state index in [9.17, 15) is 0 Å². The van der Waals surface area contributed by atoms with Gasteiger partial charge >= 0.3 is 0 Å². The van der Waals surface area contributed by atoms with E-state index in [0.717, 1.165) is 11.8 Å². The predicted molar refractivity (Wildman–Crippen MR) is 121 cm³/mol. The second kappa shape index (κ2) is 9.29. The highest BCUT2D eigenvalue weighted by molar-refractivity contribution is 5.38. The molecule has 0 nitrogen and oxygen atoms in total. The van der Waals surface area contributed by atoms with Crippen LogP contribution < -0.4 is 0 Å². The van der Waals surface area contributed by atoms with Crippen LogP contribution in [0.25, 0.3) is 0 Å². The van der Waals surface area contributed by atoms with Crippen molar-refractivity contribution in [3.63, 3.8) is 0 Å². The molecule has 0 spiro atoms. The summed E-state index contributed by atoms with van der Waals surface area (Å²) in [6.45, 7) is 4.61. The number of benzene rings is 2. The molecule has 2 aliphatic rings. The summed E-state index contributed by atoms with van der Waals surface area (Å²) in [6, 6.07) is 17.1. The van der Waals surface area contributed by atoms with E-state index in [4.69, 9.17) is 0 Å².